The van der Waals surface area contributed by atoms with E-state index < -0.39 is 0 Å². The van der Waals surface area contributed by atoms with Gasteiger partial charge in [0, 0.05) is 30.1 Å². The highest BCUT2D eigenvalue weighted by Crippen LogP contribution is 2.28. The molecule has 1 aromatic heterocycles. The van der Waals surface area contributed by atoms with Crippen molar-refractivity contribution in [1.82, 2.24) is 15.1 Å². The lowest BCUT2D eigenvalue weighted by Gasteiger charge is -2.21. The lowest BCUT2D eigenvalue weighted by Crippen LogP contribution is -2.25. The molecule has 0 aliphatic rings. The third kappa shape index (κ3) is 4.11. The van der Waals surface area contributed by atoms with Crippen molar-refractivity contribution in [3.63, 3.8) is 0 Å². The van der Waals surface area contributed by atoms with Crippen LogP contribution in [0.5, 0.6) is 0 Å². The van der Waals surface area contributed by atoms with E-state index in [2.05, 4.69) is 53.9 Å². The molecule has 4 heteroatoms. The summed E-state index contributed by atoms with van der Waals surface area (Å²) in [5.41, 5.74) is 3.74. The number of nitrogens with zero attached hydrogens (tertiary/aromatic N) is 2. The number of hydrogen-bond donors (Lipinski definition) is 1. The topological polar surface area (TPSA) is 29.9 Å². The number of aromatic nitrogens is 2. The first-order valence-corrected chi connectivity index (χ1v) is 8.74. The number of thioether (sulfide) groups is 1. The van der Waals surface area contributed by atoms with Gasteiger partial charge in [-0.1, -0.05) is 25.1 Å². The number of benzene rings is 1. The van der Waals surface area contributed by atoms with E-state index in [0.717, 1.165) is 25.1 Å². The summed E-state index contributed by atoms with van der Waals surface area (Å²) in [6.45, 7) is 5.29. The average Bonchev–Trinajstić information content (AvgIpc) is 2.81. The van der Waals surface area contributed by atoms with Crippen molar-refractivity contribution >= 4 is 11.8 Å². The van der Waals surface area contributed by atoms with Gasteiger partial charge in [0.15, 0.2) is 0 Å². The van der Waals surface area contributed by atoms with E-state index in [1.165, 1.54) is 16.2 Å². The second kappa shape index (κ2) is 7.66. The second-order valence-electron chi connectivity index (χ2n) is 5.35. The van der Waals surface area contributed by atoms with Gasteiger partial charge in [0.1, 0.15) is 0 Å². The van der Waals surface area contributed by atoms with Crippen LogP contribution in [0.2, 0.25) is 0 Å². The molecular weight excluding hydrogens is 278 g/mol. The van der Waals surface area contributed by atoms with Gasteiger partial charge in [-0.2, -0.15) is 5.10 Å². The fraction of sp³-hybridized carbons (Fsp3) is 0.471. The van der Waals surface area contributed by atoms with Crippen LogP contribution in [0.4, 0.5) is 0 Å². The number of hydrogen-bond acceptors (Lipinski definition) is 3. The summed E-state index contributed by atoms with van der Waals surface area (Å²) in [7, 11) is 2.03. The van der Waals surface area contributed by atoms with E-state index in [1.807, 2.05) is 30.4 Å². The van der Waals surface area contributed by atoms with Crippen molar-refractivity contribution in [3.05, 3.63) is 47.3 Å². The average molecular weight is 303 g/mol. The Bertz CT molecular complexity index is 577. The Balaban J connectivity index is 2.27. The van der Waals surface area contributed by atoms with Gasteiger partial charge in [-0.15, -0.1) is 11.8 Å². The predicted octanol–water partition coefficient (Wildman–Crippen LogP) is 3.73. The molecule has 114 valence electrons. The van der Waals surface area contributed by atoms with Crippen LogP contribution in [0, 0.1) is 6.92 Å². The number of nitrogens with one attached hydrogen (secondary N) is 1. The highest BCUT2D eigenvalue weighted by molar-refractivity contribution is 7.98. The molecule has 1 unspecified atom stereocenters. The van der Waals surface area contributed by atoms with Gasteiger partial charge in [-0.25, -0.2) is 0 Å². The van der Waals surface area contributed by atoms with Crippen LogP contribution in [0.15, 0.2) is 35.2 Å². The molecule has 0 fully saturated rings. The van der Waals surface area contributed by atoms with Gasteiger partial charge in [-0.3, -0.25) is 4.68 Å². The summed E-state index contributed by atoms with van der Waals surface area (Å²) in [6, 6.07) is 11.2. The Labute approximate surface area is 132 Å². The maximum atomic E-state index is 4.46. The quantitative estimate of drug-likeness (QED) is 0.790. The highest BCUT2D eigenvalue weighted by atomic mass is 32.2. The first kappa shape index (κ1) is 16.1. The van der Waals surface area contributed by atoms with E-state index >= 15 is 0 Å². The third-order valence-corrected chi connectivity index (χ3v) is 4.48. The minimum absolute atomic E-state index is 0.336. The summed E-state index contributed by atoms with van der Waals surface area (Å²) in [4.78, 5) is 1.35. The molecule has 2 rings (SSSR count). The predicted molar refractivity (Wildman–Crippen MR) is 90.9 cm³/mol. The minimum atomic E-state index is 0.336. The van der Waals surface area contributed by atoms with Crippen LogP contribution < -0.4 is 5.32 Å². The SMILES string of the molecule is CCCNC(Cc1cc(C)nn1C)c1ccccc1SC. The zero-order valence-corrected chi connectivity index (χ0v) is 14.2. The van der Waals surface area contributed by atoms with Crippen LogP contribution in [0.1, 0.15) is 36.3 Å². The zero-order valence-electron chi connectivity index (χ0n) is 13.4. The van der Waals surface area contributed by atoms with Crippen molar-refractivity contribution < 1.29 is 0 Å². The fourth-order valence-corrected chi connectivity index (χ4v) is 3.29. The molecular formula is C17H25N3S. The number of rotatable bonds is 7. The summed E-state index contributed by atoms with van der Waals surface area (Å²) in [6.07, 6.45) is 4.25. The fourth-order valence-electron chi connectivity index (χ4n) is 2.63. The molecule has 1 heterocycles. The van der Waals surface area contributed by atoms with Crippen LogP contribution in [-0.4, -0.2) is 22.6 Å². The Morgan fingerprint density at radius 3 is 2.71 bits per heavy atom. The van der Waals surface area contributed by atoms with Crippen LogP contribution in [0.3, 0.4) is 0 Å². The molecule has 0 radical (unpaired) electrons. The maximum Gasteiger partial charge on any atom is 0.0596 e. The molecule has 1 atom stereocenters. The van der Waals surface area contributed by atoms with Gasteiger partial charge in [0.2, 0.25) is 0 Å². The molecule has 0 saturated carbocycles. The van der Waals surface area contributed by atoms with Crippen molar-refractivity contribution in [3.8, 4) is 0 Å². The van der Waals surface area contributed by atoms with Gasteiger partial charge in [-0.05, 0) is 43.8 Å². The molecule has 0 spiro atoms. The lowest BCUT2D eigenvalue weighted by atomic mass is 10.0. The standard InChI is InChI=1S/C17H25N3S/c1-5-10-18-16(12-14-11-13(2)19-20(14)3)15-8-6-7-9-17(15)21-4/h6-9,11,16,18H,5,10,12H2,1-4H3. The number of aryl methyl sites for hydroxylation is 2. The molecule has 0 aliphatic heterocycles. The molecule has 0 amide bonds. The molecule has 0 saturated heterocycles. The Morgan fingerprint density at radius 1 is 1.33 bits per heavy atom. The summed E-state index contributed by atoms with van der Waals surface area (Å²) >= 11 is 1.81. The van der Waals surface area contributed by atoms with Gasteiger partial charge >= 0.3 is 0 Å². The molecule has 1 aromatic carbocycles. The smallest absolute Gasteiger partial charge is 0.0596 e. The van der Waals surface area contributed by atoms with Gasteiger partial charge in [0.05, 0.1) is 5.69 Å². The van der Waals surface area contributed by atoms with E-state index in [9.17, 15) is 0 Å². The molecule has 21 heavy (non-hydrogen) atoms. The van der Waals surface area contributed by atoms with E-state index in [1.54, 1.807) is 0 Å². The Kier molecular flexibility index (Phi) is 5.88. The van der Waals surface area contributed by atoms with Gasteiger partial charge in [0.25, 0.3) is 0 Å². The monoisotopic (exact) mass is 303 g/mol. The van der Waals surface area contributed by atoms with Crippen LogP contribution >= 0.6 is 11.8 Å². The zero-order chi connectivity index (χ0) is 15.2. The normalized spacial score (nSPS) is 12.6. The van der Waals surface area contributed by atoms with E-state index in [0.29, 0.717) is 6.04 Å². The van der Waals surface area contributed by atoms with E-state index in [4.69, 9.17) is 0 Å². The van der Waals surface area contributed by atoms with E-state index in [-0.39, 0.29) is 0 Å². The molecule has 3 nitrogen and oxygen atoms in total. The molecule has 0 bridgehead atoms. The lowest BCUT2D eigenvalue weighted by molar-refractivity contribution is 0.506. The maximum absolute atomic E-state index is 4.46. The minimum Gasteiger partial charge on any atom is -0.310 e. The first-order chi connectivity index (χ1) is 10.2. The summed E-state index contributed by atoms with van der Waals surface area (Å²) in [5, 5.41) is 8.16. The van der Waals surface area contributed by atoms with Crippen molar-refractivity contribution in [2.45, 2.75) is 37.6 Å². The summed E-state index contributed by atoms with van der Waals surface area (Å²) in [5.74, 6) is 0. The second-order valence-corrected chi connectivity index (χ2v) is 6.20. The van der Waals surface area contributed by atoms with Crippen LogP contribution in [0.25, 0.3) is 0 Å². The Morgan fingerprint density at radius 2 is 2.10 bits per heavy atom. The third-order valence-electron chi connectivity index (χ3n) is 3.67. The van der Waals surface area contributed by atoms with Crippen molar-refractivity contribution in [1.29, 1.82) is 0 Å². The van der Waals surface area contributed by atoms with Crippen LogP contribution in [-0.2, 0) is 13.5 Å². The Hall–Kier alpha value is -1.26. The highest BCUT2D eigenvalue weighted by Gasteiger charge is 2.17. The van der Waals surface area contributed by atoms with Gasteiger partial charge < -0.3 is 5.32 Å². The largest absolute Gasteiger partial charge is 0.310 e. The molecule has 0 aliphatic carbocycles. The van der Waals surface area contributed by atoms with Crippen molar-refractivity contribution in [2.75, 3.05) is 12.8 Å². The molecule has 1 N–H and O–H groups in total. The first-order valence-electron chi connectivity index (χ1n) is 7.51. The van der Waals surface area contributed by atoms with Crippen molar-refractivity contribution in [2.24, 2.45) is 7.05 Å². The molecule has 2 aromatic rings. The summed E-state index contributed by atoms with van der Waals surface area (Å²) < 4.78 is 2.00.